The van der Waals surface area contributed by atoms with Crippen molar-refractivity contribution >= 4 is 11.7 Å². The Balaban J connectivity index is 2.58. The minimum absolute atomic E-state index is 0.0269. The third-order valence-corrected chi connectivity index (χ3v) is 2.28. The van der Waals surface area contributed by atoms with Crippen molar-refractivity contribution in [1.82, 2.24) is 0 Å². The van der Waals surface area contributed by atoms with Gasteiger partial charge < -0.3 is 9.84 Å². The van der Waals surface area contributed by atoms with Gasteiger partial charge in [0, 0.05) is 18.1 Å². The Kier molecular flexibility index (Phi) is 4.59. The lowest BCUT2D eigenvalue weighted by Crippen LogP contribution is -2.21. The first-order valence-electron chi connectivity index (χ1n) is 5.09. The summed E-state index contributed by atoms with van der Waals surface area (Å²) in [6.45, 7) is 1.56. The third kappa shape index (κ3) is 3.84. The summed E-state index contributed by atoms with van der Waals surface area (Å²) in [5.74, 6) is -1.05. The monoisotopic (exact) mass is 239 g/mol. The van der Waals surface area contributed by atoms with Crippen LogP contribution in [0.3, 0.4) is 0 Å². The summed E-state index contributed by atoms with van der Waals surface area (Å²) in [7, 11) is 0. The van der Waals surface area contributed by atoms with Gasteiger partial charge in [-0.1, -0.05) is 18.2 Å². The summed E-state index contributed by atoms with van der Waals surface area (Å²) in [5, 5.41) is 19.3. The van der Waals surface area contributed by atoms with Crippen LogP contribution < -0.4 is 0 Å². The Hall–Kier alpha value is -1.95. The van der Waals surface area contributed by atoms with Crippen molar-refractivity contribution in [2.75, 3.05) is 6.61 Å². The smallest absolute Gasteiger partial charge is 0.332 e. The maximum Gasteiger partial charge on any atom is 0.332 e. The van der Waals surface area contributed by atoms with Crippen LogP contribution in [0.25, 0.3) is 0 Å². The lowest BCUT2D eigenvalue weighted by molar-refractivity contribution is -0.385. The molecule has 6 nitrogen and oxygen atoms in total. The van der Waals surface area contributed by atoms with Crippen LogP contribution in [0.1, 0.15) is 12.5 Å². The van der Waals surface area contributed by atoms with Gasteiger partial charge in [0.15, 0.2) is 6.10 Å². The lowest BCUT2D eigenvalue weighted by atomic mass is 10.1. The predicted molar refractivity (Wildman–Crippen MR) is 59.9 cm³/mol. The number of rotatable bonds is 6. The Labute approximate surface area is 98.0 Å². The first-order valence-corrected chi connectivity index (χ1v) is 5.09. The molecule has 1 aromatic rings. The minimum atomic E-state index is -1.05. The number of nitro groups is 1. The van der Waals surface area contributed by atoms with Crippen molar-refractivity contribution in [2.24, 2.45) is 0 Å². The molecule has 0 aliphatic rings. The second kappa shape index (κ2) is 5.95. The highest BCUT2D eigenvalue weighted by atomic mass is 16.6. The second-order valence-electron chi connectivity index (χ2n) is 3.49. The summed E-state index contributed by atoms with van der Waals surface area (Å²) >= 11 is 0. The molecule has 0 heterocycles. The number of hydrogen-bond donors (Lipinski definition) is 1. The van der Waals surface area contributed by atoms with Crippen LogP contribution in [0.15, 0.2) is 24.3 Å². The molecule has 0 amide bonds. The standard InChI is InChI=1S/C11H13NO5/c1-8(11(13)14)17-7-6-9-4-2-3-5-10(9)12(15)16/h2-5,8H,6-7H2,1H3,(H,13,14)/t8-/m0/s1. The third-order valence-electron chi connectivity index (χ3n) is 2.28. The maximum absolute atomic E-state index is 10.7. The lowest BCUT2D eigenvalue weighted by Gasteiger charge is -2.08. The number of carboxylic acids is 1. The van der Waals surface area contributed by atoms with Crippen molar-refractivity contribution in [2.45, 2.75) is 19.4 Å². The van der Waals surface area contributed by atoms with Crippen LogP contribution in [0.4, 0.5) is 5.69 Å². The van der Waals surface area contributed by atoms with Gasteiger partial charge in [0.25, 0.3) is 5.69 Å². The first kappa shape index (κ1) is 13.1. The van der Waals surface area contributed by atoms with Gasteiger partial charge in [-0.3, -0.25) is 10.1 Å². The second-order valence-corrected chi connectivity index (χ2v) is 3.49. The minimum Gasteiger partial charge on any atom is -0.479 e. The number of benzene rings is 1. The van der Waals surface area contributed by atoms with Crippen LogP contribution in [0.2, 0.25) is 0 Å². The molecule has 6 heteroatoms. The molecule has 1 aromatic carbocycles. The molecule has 1 N–H and O–H groups in total. The largest absolute Gasteiger partial charge is 0.479 e. The number of carboxylic acid groups (broad SMARTS) is 1. The Morgan fingerprint density at radius 3 is 2.76 bits per heavy atom. The number of hydrogen-bond acceptors (Lipinski definition) is 4. The molecule has 0 aromatic heterocycles. The normalized spacial score (nSPS) is 12.1. The Morgan fingerprint density at radius 1 is 1.53 bits per heavy atom. The van der Waals surface area contributed by atoms with Crippen molar-refractivity contribution in [1.29, 1.82) is 0 Å². The maximum atomic E-state index is 10.7. The molecule has 0 bridgehead atoms. The summed E-state index contributed by atoms with van der Waals surface area (Å²) in [4.78, 5) is 20.7. The van der Waals surface area contributed by atoms with Gasteiger partial charge in [0.05, 0.1) is 11.5 Å². The number of carbonyl (C=O) groups is 1. The first-order chi connectivity index (χ1) is 8.02. The highest BCUT2D eigenvalue weighted by Crippen LogP contribution is 2.18. The van der Waals surface area contributed by atoms with Crippen molar-refractivity contribution in [3.8, 4) is 0 Å². The number of aliphatic carboxylic acids is 1. The van der Waals surface area contributed by atoms with E-state index in [-0.39, 0.29) is 12.3 Å². The fourth-order valence-electron chi connectivity index (χ4n) is 1.32. The van der Waals surface area contributed by atoms with E-state index in [4.69, 9.17) is 9.84 Å². The van der Waals surface area contributed by atoms with Gasteiger partial charge in [-0.05, 0) is 6.92 Å². The van der Waals surface area contributed by atoms with Gasteiger partial charge >= 0.3 is 5.97 Å². The molecule has 0 radical (unpaired) electrons. The van der Waals surface area contributed by atoms with Gasteiger partial charge in [-0.15, -0.1) is 0 Å². The van der Waals surface area contributed by atoms with Crippen molar-refractivity contribution in [3.63, 3.8) is 0 Å². The number of nitro benzene ring substituents is 1. The molecule has 0 saturated carbocycles. The Bertz CT molecular complexity index is 418. The molecule has 0 fully saturated rings. The highest BCUT2D eigenvalue weighted by Gasteiger charge is 2.14. The zero-order valence-electron chi connectivity index (χ0n) is 9.33. The summed E-state index contributed by atoms with van der Waals surface area (Å²) < 4.78 is 5.02. The number of ether oxygens (including phenoxy) is 1. The zero-order chi connectivity index (χ0) is 12.8. The van der Waals surface area contributed by atoms with Gasteiger partial charge in [0.2, 0.25) is 0 Å². The van der Waals surface area contributed by atoms with E-state index in [2.05, 4.69) is 0 Å². The number of para-hydroxylation sites is 1. The molecule has 0 aliphatic carbocycles. The molecule has 0 spiro atoms. The molecule has 1 atom stereocenters. The average molecular weight is 239 g/mol. The molecule has 0 saturated heterocycles. The molecular weight excluding hydrogens is 226 g/mol. The highest BCUT2D eigenvalue weighted by molar-refractivity contribution is 5.71. The predicted octanol–water partition coefficient (Wildman–Crippen LogP) is 1.63. The quantitative estimate of drug-likeness (QED) is 0.601. The van der Waals surface area contributed by atoms with Gasteiger partial charge in [0.1, 0.15) is 0 Å². The van der Waals surface area contributed by atoms with Crippen LogP contribution in [-0.4, -0.2) is 28.7 Å². The SMILES string of the molecule is C[C@H](OCCc1ccccc1[N+](=O)[O-])C(=O)O. The van der Waals surface area contributed by atoms with E-state index in [1.54, 1.807) is 18.2 Å². The zero-order valence-corrected chi connectivity index (χ0v) is 9.33. The van der Waals surface area contributed by atoms with Crippen LogP contribution in [0, 0.1) is 10.1 Å². The molecule has 17 heavy (non-hydrogen) atoms. The summed E-state index contributed by atoms with van der Waals surface area (Å²) in [5.41, 5.74) is 0.564. The fourth-order valence-corrected chi connectivity index (χ4v) is 1.32. The fraction of sp³-hybridized carbons (Fsp3) is 0.364. The van der Waals surface area contributed by atoms with E-state index < -0.39 is 17.0 Å². The van der Waals surface area contributed by atoms with Crippen molar-refractivity contribution in [3.05, 3.63) is 39.9 Å². The van der Waals surface area contributed by atoms with Crippen LogP contribution in [0.5, 0.6) is 0 Å². The summed E-state index contributed by atoms with van der Waals surface area (Å²) in [6.07, 6.45) is -0.591. The average Bonchev–Trinajstić information content (AvgIpc) is 2.29. The summed E-state index contributed by atoms with van der Waals surface area (Å²) in [6, 6.07) is 6.33. The molecule has 1 rings (SSSR count). The topological polar surface area (TPSA) is 89.7 Å². The van der Waals surface area contributed by atoms with E-state index >= 15 is 0 Å². The number of nitrogens with zero attached hydrogens (tertiary/aromatic N) is 1. The van der Waals surface area contributed by atoms with Gasteiger partial charge in [-0.2, -0.15) is 0 Å². The molecule has 0 unspecified atom stereocenters. The van der Waals surface area contributed by atoms with E-state index in [1.807, 2.05) is 0 Å². The van der Waals surface area contributed by atoms with Crippen LogP contribution >= 0.6 is 0 Å². The van der Waals surface area contributed by atoms with Crippen LogP contribution in [-0.2, 0) is 16.0 Å². The van der Waals surface area contributed by atoms with Crippen molar-refractivity contribution < 1.29 is 19.6 Å². The Morgan fingerprint density at radius 2 is 2.18 bits per heavy atom. The molecule has 92 valence electrons. The van der Waals surface area contributed by atoms with E-state index in [0.717, 1.165) is 0 Å². The molecular formula is C11H13NO5. The van der Waals surface area contributed by atoms with E-state index in [9.17, 15) is 14.9 Å². The van der Waals surface area contributed by atoms with Gasteiger partial charge in [-0.25, -0.2) is 4.79 Å². The van der Waals surface area contributed by atoms with E-state index in [0.29, 0.717) is 12.0 Å². The van der Waals surface area contributed by atoms with E-state index in [1.165, 1.54) is 13.0 Å². The molecule has 0 aliphatic heterocycles.